The van der Waals surface area contributed by atoms with E-state index in [0.29, 0.717) is 0 Å². The van der Waals surface area contributed by atoms with Crippen LogP contribution in [0.25, 0.3) is 0 Å². The van der Waals surface area contributed by atoms with Crippen LogP contribution in [0.15, 0.2) is 18.2 Å². The number of nitro groups is 1. The molecule has 0 unspecified atom stereocenters. The molecule has 0 saturated carbocycles. The highest BCUT2D eigenvalue weighted by Gasteiger charge is 2.20. The van der Waals surface area contributed by atoms with E-state index in [1.807, 2.05) is 13.8 Å². The lowest BCUT2D eigenvalue weighted by Gasteiger charge is -2.12. The number of carbonyl (C=O) groups excluding carboxylic acids is 3. The van der Waals surface area contributed by atoms with Crippen LogP contribution in [-0.4, -0.2) is 42.5 Å². The minimum atomic E-state index is -0.952. The molecule has 9 heteroatoms. The number of hydrogen-bond donors (Lipinski definition) is 1. The summed E-state index contributed by atoms with van der Waals surface area (Å²) < 4.78 is 9.34. The molecule has 1 aromatic carbocycles. The van der Waals surface area contributed by atoms with Gasteiger partial charge in [-0.1, -0.05) is 13.3 Å². The summed E-state index contributed by atoms with van der Waals surface area (Å²) in [5.74, 6) is -2.26. The third kappa shape index (κ3) is 6.21. The van der Waals surface area contributed by atoms with E-state index in [1.165, 1.54) is 0 Å². The van der Waals surface area contributed by atoms with E-state index >= 15 is 0 Å². The van der Waals surface area contributed by atoms with E-state index in [2.05, 4.69) is 10.1 Å². The normalized spacial score (nSPS) is 11.3. The fraction of sp³-hybridized carbons (Fsp3) is 0.438. The zero-order chi connectivity index (χ0) is 19.0. The Hall–Kier alpha value is -2.97. The SMILES string of the molecule is CCC[C@H](C)NC(=O)COC(=O)c1cc(C(=O)OC)cc([N+](=O)[O-])c1. The van der Waals surface area contributed by atoms with Gasteiger partial charge in [0.05, 0.1) is 23.2 Å². The van der Waals surface area contributed by atoms with Crippen LogP contribution >= 0.6 is 0 Å². The molecule has 1 aromatic rings. The number of nitrogens with one attached hydrogen (secondary N) is 1. The maximum absolute atomic E-state index is 12.0. The first-order valence-corrected chi connectivity index (χ1v) is 7.62. The number of amides is 1. The largest absolute Gasteiger partial charge is 0.465 e. The predicted molar refractivity (Wildman–Crippen MR) is 87.2 cm³/mol. The molecule has 0 aliphatic carbocycles. The summed E-state index contributed by atoms with van der Waals surface area (Å²) in [6, 6.07) is 3.01. The molecule has 0 radical (unpaired) electrons. The molecular formula is C16H20N2O7. The third-order valence-corrected chi connectivity index (χ3v) is 3.25. The van der Waals surface area contributed by atoms with Crippen molar-refractivity contribution < 1.29 is 28.8 Å². The average Bonchev–Trinajstić information content (AvgIpc) is 2.58. The summed E-state index contributed by atoms with van der Waals surface area (Å²) in [5.41, 5.74) is -0.843. The predicted octanol–water partition coefficient (Wildman–Crippen LogP) is 1.84. The molecular weight excluding hydrogens is 332 g/mol. The van der Waals surface area contributed by atoms with E-state index in [1.54, 1.807) is 0 Å². The Morgan fingerprint density at radius 3 is 2.32 bits per heavy atom. The Balaban J connectivity index is 2.83. The molecule has 0 saturated heterocycles. The van der Waals surface area contributed by atoms with E-state index < -0.39 is 35.1 Å². The van der Waals surface area contributed by atoms with Gasteiger partial charge in [0.1, 0.15) is 0 Å². The van der Waals surface area contributed by atoms with E-state index in [9.17, 15) is 24.5 Å². The van der Waals surface area contributed by atoms with E-state index in [4.69, 9.17) is 4.74 Å². The van der Waals surface area contributed by atoms with Gasteiger partial charge in [0, 0.05) is 18.2 Å². The molecule has 0 fully saturated rings. The average molecular weight is 352 g/mol. The number of non-ortho nitro benzene ring substituents is 1. The second-order valence-corrected chi connectivity index (χ2v) is 5.35. The lowest BCUT2D eigenvalue weighted by atomic mass is 10.1. The second-order valence-electron chi connectivity index (χ2n) is 5.35. The van der Waals surface area contributed by atoms with Crippen LogP contribution in [0.3, 0.4) is 0 Å². The van der Waals surface area contributed by atoms with Crippen molar-refractivity contribution in [1.82, 2.24) is 5.32 Å². The topological polar surface area (TPSA) is 125 Å². The minimum absolute atomic E-state index is 0.0556. The number of esters is 2. The number of ether oxygens (including phenoxy) is 2. The standard InChI is InChI=1S/C16H20N2O7/c1-4-5-10(2)17-14(19)9-25-16(21)12-6-11(15(20)24-3)7-13(8-12)18(22)23/h6-8,10H,4-5,9H2,1-3H3,(H,17,19)/t10-/m0/s1. The number of nitrogens with zero attached hydrogens (tertiary/aromatic N) is 1. The zero-order valence-corrected chi connectivity index (χ0v) is 14.2. The van der Waals surface area contributed by atoms with Gasteiger partial charge in [-0.2, -0.15) is 0 Å². The van der Waals surface area contributed by atoms with Crippen LogP contribution in [0.2, 0.25) is 0 Å². The second kappa shape index (κ2) is 9.36. The van der Waals surface area contributed by atoms with Crippen molar-refractivity contribution in [2.45, 2.75) is 32.7 Å². The molecule has 25 heavy (non-hydrogen) atoms. The molecule has 0 heterocycles. The van der Waals surface area contributed by atoms with Crippen LogP contribution in [0.1, 0.15) is 47.4 Å². The van der Waals surface area contributed by atoms with Gasteiger partial charge in [0.15, 0.2) is 6.61 Å². The molecule has 0 aliphatic heterocycles. The zero-order valence-electron chi connectivity index (χ0n) is 14.2. The quantitative estimate of drug-likeness (QED) is 0.430. The van der Waals surface area contributed by atoms with E-state index in [-0.39, 0.29) is 17.2 Å². The molecule has 0 aliphatic rings. The number of benzene rings is 1. The van der Waals surface area contributed by atoms with Crippen molar-refractivity contribution in [3.63, 3.8) is 0 Å². The van der Waals surface area contributed by atoms with Gasteiger partial charge in [0.25, 0.3) is 11.6 Å². The molecule has 1 atom stereocenters. The molecule has 0 bridgehead atoms. The first-order valence-electron chi connectivity index (χ1n) is 7.62. The maximum atomic E-state index is 12.0. The highest BCUT2D eigenvalue weighted by molar-refractivity contribution is 5.97. The Kier molecular flexibility index (Phi) is 7.51. The smallest absolute Gasteiger partial charge is 0.338 e. The molecule has 9 nitrogen and oxygen atoms in total. The molecule has 136 valence electrons. The van der Waals surface area contributed by atoms with Crippen LogP contribution < -0.4 is 5.32 Å². The lowest BCUT2D eigenvalue weighted by Crippen LogP contribution is -2.35. The van der Waals surface area contributed by atoms with Crippen molar-refractivity contribution in [3.05, 3.63) is 39.4 Å². The number of rotatable bonds is 8. The van der Waals surface area contributed by atoms with Crippen LogP contribution in [0.4, 0.5) is 5.69 Å². The lowest BCUT2D eigenvalue weighted by molar-refractivity contribution is -0.384. The third-order valence-electron chi connectivity index (χ3n) is 3.25. The number of hydrogen-bond acceptors (Lipinski definition) is 7. The molecule has 0 spiro atoms. The Bertz CT molecular complexity index is 672. The van der Waals surface area contributed by atoms with Crippen molar-refractivity contribution in [1.29, 1.82) is 0 Å². The van der Waals surface area contributed by atoms with Gasteiger partial charge in [-0.05, 0) is 19.4 Å². The first-order chi connectivity index (χ1) is 11.8. The van der Waals surface area contributed by atoms with Crippen molar-refractivity contribution >= 4 is 23.5 Å². The van der Waals surface area contributed by atoms with Gasteiger partial charge in [-0.15, -0.1) is 0 Å². The van der Waals surface area contributed by atoms with Crippen molar-refractivity contribution in [3.8, 4) is 0 Å². The van der Waals surface area contributed by atoms with Crippen molar-refractivity contribution in [2.75, 3.05) is 13.7 Å². The fourth-order valence-corrected chi connectivity index (χ4v) is 2.11. The van der Waals surface area contributed by atoms with Crippen molar-refractivity contribution in [2.24, 2.45) is 0 Å². The first kappa shape index (κ1) is 20.1. The summed E-state index contributed by atoms with van der Waals surface area (Å²) in [5, 5.41) is 13.6. The summed E-state index contributed by atoms with van der Waals surface area (Å²) in [4.78, 5) is 45.4. The highest BCUT2D eigenvalue weighted by atomic mass is 16.6. The Morgan fingerprint density at radius 2 is 1.80 bits per heavy atom. The fourth-order valence-electron chi connectivity index (χ4n) is 2.11. The van der Waals surface area contributed by atoms with E-state index in [0.717, 1.165) is 38.2 Å². The molecule has 1 rings (SSSR count). The van der Waals surface area contributed by atoms with Crippen LogP contribution in [0.5, 0.6) is 0 Å². The summed E-state index contributed by atoms with van der Waals surface area (Å²) in [6.07, 6.45) is 1.68. The molecule has 1 amide bonds. The van der Waals surface area contributed by atoms with Gasteiger partial charge in [0.2, 0.25) is 0 Å². The maximum Gasteiger partial charge on any atom is 0.338 e. The number of nitro benzene ring substituents is 1. The van der Waals surface area contributed by atoms with Crippen LogP contribution in [-0.2, 0) is 14.3 Å². The Labute approximate surface area is 144 Å². The van der Waals surface area contributed by atoms with Gasteiger partial charge < -0.3 is 14.8 Å². The minimum Gasteiger partial charge on any atom is -0.465 e. The van der Waals surface area contributed by atoms with Crippen LogP contribution in [0, 0.1) is 10.1 Å². The molecule has 1 N–H and O–H groups in total. The molecule has 0 aromatic heterocycles. The Morgan fingerprint density at radius 1 is 1.20 bits per heavy atom. The van der Waals surface area contributed by atoms with Gasteiger partial charge in [-0.25, -0.2) is 9.59 Å². The number of carbonyl (C=O) groups is 3. The van der Waals surface area contributed by atoms with Gasteiger partial charge >= 0.3 is 11.9 Å². The summed E-state index contributed by atoms with van der Waals surface area (Å²) >= 11 is 0. The summed E-state index contributed by atoms with van der Waals surface area (Å²) in [7, 11) is 1.11. The van der Waals surface area contributed by atoms with Gasteiger partial charge in [-0.3, -0.25) is 14.9 Å². The number of methoxy groups -OCH3 is 1. The monoisotopic (exact) mass is 352 g/mol. The summed E-state index contributed by atoms with van der Waals surface area (Å²) in [6.45, 7) is 3.28. The highest BCUT2D eigenvalue weighted by Crippen LogP contribution is 2.19.